The highest BCUT2D eigenvalue weighted by molar-refractivity contribution is 7.89. The predicted molar refractivity (Wildman–Crippen MR) is 79.4 cm³/mol. The molecule has 0 heterocycles. The van der Waals surface area contributed by atoms with Gasteiger partial charge in [-0.15, -0.1) is 0 Å². The molecule has 0 aromatic heterocycles. The topological polar surface area (TPSA) is 63.2 Å². The van der Waals surface area contributed by atoms with Crippen LogP contribution in [0.2, 0.25) is 0 Å². The van der Waals surface area contributed by atoms with Crippen molar-refractivity contribution < 1.29 is 13.2 Å². The first kappa shape index (κ1) is 14.3. The van der Waals surface area contributed by atoms with Crippen molar-refractivity contribution in [3.05, 3.63) is 65.7 Å². The SMILES string of the molecule is CS(=O)(=O)Cc1ccc(C(=O)Nc2ccccc2)cc1. The van der Waals surface area contributed by atoms with Crippen molar-refractivity contribution in [2.75, 3.05) is 11.6 Å². The van der Waals surface area contributed by atoms with E-state index in [-0.39, 0.29) is 11.7 Å². The fourth-order valence-corrected chi connectivity index (χ4v) is 2.58. The second kappa shape index (κ2) is 5.88. The molecule has 0 saturated heterocycles. The van der Waals surface area contributed by atoms with Crippen LogP contribution in [0.25, 0.3) is 0 Å². The summed E-state index contributed by atoms with van der Waals surface area (Å²) in [6, 6.07) is 15.7. The Labute approximate surface area is 118 Å². The fourth-order valence-electron chi connectivity index (χ4n) is 1.78. The molecule has 1 N–H and O–H groups in total. The molecule has 0 saturated carbocycles. The number of nitrogens with one attached hydrogen (secondary N) is 1. The van der Waals surface area contributed by atoms with Gasteiger partial charge in [-0.3, -0.25) is 4.79 Å². The minimum absolute atomic E-state index is 0.0203. The minimum Gasteiger partial charge on any atom is -0.322 e. The first-order valence-corrected chi connectivity index (χ1v) is 8.13. The highest BCUT2D eigenvalue weighted by atomic mass is 32.2. The quantitative estimate of drug-likeness (QED) is 0.940. The summed E-state index contributed by atoms with van der Waals surface area (Å²) in [5.41, 5.74) is 1.88. The van der Waals surface area contributed by atoms with Crippen molar-refractivity contribution >= 4 is 21.4 Å². The van der Waals surface area contributed by atoms with Gasteiger partial charge < -0.3 is 5.32 Å². The summed E-state index contributed by atoms with van der Waals surface area (Å²) >= 11 is 0. The van der Waals surface area contributed by atoms with Crippen LogP contribution in [0.1, 0.15) is 15.9 Å². The molecule has 5 heteroatoms. The molecule has 0 aliphatic heterocycles. The lowest BCUT2D eigenvalue weighted by molar-refractivity contribution is 0.102. The molecule has 0 fully saturated rings. The zero-order chi connectivity index (χ0) is 14.6. The van der Waals surface area contributed by atoms with Crippen LogP contribution in [0.4, 0.5) is 5.69 Å². The van der Waals surface area contributed by atoms with E-state index < -0.39 is 9.84 Å². The molecule has 1 amide bonds. The van der Waals surface area contributed by atoms with Crippen molar-refractivity contribution in [1.29, 1.82) is 0 Å². The molecule has 0 spiro atoms. The molecule has 0 radical (unpaired) electrons. The zero-order valence-electron chi connectivity index (χ0n) is 11.0. The zero-order valence-corrected chi connectivity index (χ0v) is 11.9. The van der Waals surface area contributed by atoms with Gasteiger partial charge in [0.2, 0.25) is 0 Å². The largest absolute Gasteiger partial charge is 0.322 e. The molecule has 4 nitrogen and oxygen atoms in total. The van der Waals surface area contributed by atoms with Crippen LogP contribution in [-0.2, 0) is 15.6 Å². The van der Waals surface area contributed by atoms with Crippen molar-refractivity contribution in [3.8, 4) is 0 Å². The number of hydrogen-bond acceptors (Lipinski definition) is 3. The van der Waals surface area contributed by atoms with Crippen LogP contribution in [-0.4, -0.2) is 20.6 Å². The van der Waals surface area contributed by atoms with Gasteiger partial charge in [-0.25, -0.2) is 8.42 Å². The Morgan fingerprint density at radius 1 is 1.00 bits per heavy atom. The number of para-hydroxylation sites is 1. The van der Waals surface area contributed by atoms with Crippen molar-refractivity contribution in [2.45, 2.75) is 5.75 Å². The Balaban J connectivity index is 2.08. The van der Waals surface area contributed by atoms with E-state index in [9.17, 15) is 13.2 Å². The number of anilines is 1. The lowest BCUT2D eigenvalue weighted by atomic mass is 10.1. The summed E-state index contributed by atoms with van der Waals surface area (Å²) < 4.78 is 22.4. The minimum atomic E-state index is -3.06. The number of carbonyl (C=O) groups excluding carboxylic acids is 1. The van der Waals surface area contributed by atoms with Gasteiger partial charge in [-0.05, 0) is 29.8 Å². The number of amides is 1. The van der Waals surface area contributed by atoms with Gasteiger partial charge in [0.25, 0.3) is 5.91 Å². The maximum atomic E-state index is 12.0. The van der Waals surface area contributed by atoms with E-state index in [0.717, 1.165) is 5.69 Å². The molecule has 20 heavy (non-hydrogen) atoms. The molecule has 0 aliphatic rings. The Hall–Kier alpha value is -2.14. The van der Waals surface area contributed by atoms with E-state index in [1.54, 1.807) is 36.4 Å². The third-order valence-corrected chi connectivity index (χ3v) is 3.53. The molecular formula is C15H15NO3S. The second-order valence-corrected chi connectivity index (χ2v) is 6.73. The standard InChI is InChI=1S/C15H15NO3S/c1-20(18,19)11-12-7-9-13(10-8-12)15(17)16-14-5-3-2-4-6-14/h2-10H,11H2,1H3,(H,16,17). The van der Waals surface area contributed by atoms with E-state index in [1.807, 2.05) is 18.2 Å². The Bertz CT molecular complexity index is 692. The van der Waals surface area contributed by atoms with Crippen LogP contribution in [0.15, 0.2) is 54.6 Å². The van der Waals surface area contributed by atoms with Crippen LogP contribution in [0.3, 0.4) is 0 Å². The Kier molecular flexibility index (Phi) is 4.20. The van der Waals surface area contributed by atoms with Gasteiger partial charge in [0.05, 0.1) is 5.75 Å². The lowest BCUT2D eigenvalue weighted by Crippen LogP contribution is -2.11. The van der Waals surface area contributed by atoms with Gasteiger partial charge in [-0.1, -0.05) is 30.3 Å². The average molecular weight is 289 g/mol. The van der Waals surface area contributed by atoms with Crippen molar-refractivity contribution in [3.63, 3.8) is 0 Å². The molecule has 2 aromatic rings. The number of hydrogen-bond donors (Lipinski definition) is 1. The van der Waals surface area contributed by atoms with E-state index in [2.05, 4.69) is 5.32 Å². The van der Waals surface area contributed by atoms with Crippen LogP contribution < -0.4 is 5.32 Å². The van der Waals surface area contributed by atoms with Crippen LogP contribution in [0, 0.1) is 0 Å². The van der Waals surface area contributed by atoms with Crippen LogP contribution in [0.5, 0.6) is 0 Å². The van der Waals surface area contributed by atoms with Gasteiger partial charge >= 0.3 is 0 Å². The van der Waals surface area contributed by atoms with E-state index in [0.29, 0.717) is 11.1 Å². The third-order valence-electron chi connectivity index (χ3n) is 2.68. The normalized spacial score (nSPS) is 11.1. The summed E-state index contributed by atoms with van der Waals surface area (Å²) in [4.78, 5) is 12.0. The Morgan fingerprint density at radius 2 is 1.60 bits per heavy atom. The van der Waals surface area contributed by atoms with Gasteiger partial charge in [0, 0.05) is 17.5 Å². The molecule has 0 atom stereocenters. The molecular weight excluding hydrogens is 274 g/mol. The number of carbonyl (C=O) groups is 1. The van der Waals surface area contributed by atoms with E-state index >= 15 is 0 Å². The van der Waals surface area contributed by atoms with Crippen molar-refractivity contribution in [1.82, 2.24) is 0 Å². The highest BCUT2D eigenvalue weighted by Crippen LogP contribution is 2.11. The highest BCUT2D eigenvalue weighted by Gasteiger charge is 2.08. The maximum Gasteiger partial charge on any atom is 0.255 e. The predicted octanol–water partition coefficient (Wildman–Crippen LogP) is 2.48. The fraction of sp³-hybridized carbons (Fsp3) is 0.133. The van der Waals surface area contributed by atoms with Crippen molar-refractivity contribution in [2.24, 2.45) is 0 Å². The summed E-state index contributed by atoms with van der Waals surface area (Å²) in [5, 5.41) is 2.77. The van der Waals surface area contributed by atoms with E-state index in [4.69, 9.17) is 0 Å². The summed E-state index contributed by atoms with van der Waals surface area (Å²) in [5.74, 6) is -0.241. The third kappa shape index (κ3) is 4.20. The number of sulfone groups is 1. The van der Waals surface area contributed by atoms with Gasteiger partial charge in [0.1, 0.15) is 0 Å². The lowest BCUT2D eigenvalue weighted by Gasteiger charge is -2.06. The summed E-state index contributed by atoms with van der Waals surface area (Å²) in [6.07, 6.45) is 1.18. The summed E-state index contributed by atoms with van der Waals surface area (Å²) in [6.45, 7) is 0. The maximum absolute atomic E-state index is 12.0. The molecule has 0 bridgehead atoms. The second-order valence-electron chi connectivity index (χ2n) is 4.59. The average Bonchev–Trinajstić information content (AvgIpc) is 2.39. The van der Waals surface area contributed by atoms with Gasteiger partial charge in [-0.2, -0.15) is 0 Å². The van der Waals surface area contributed by atoms with E-state index in [1.165, 1.54) is 6.26 Å². The number of benzene rings is 2. The van der Waals surface area contributed by atoms with Crippen LogP contribution >= 0.6 is 0 Å². The van der Waals surface area contributed by atoms with Gasteiger partial charge in [0.15, 0.2) is 9.84 Å². The first-order chi connectivity index (χ1) is 9.44. The molecule has 0 aliphatic carbocycles. The first-order valence-electron chi connectivity index (χ1n) is 6.07. The Morgan fingerprint density at radius 3 is 2.15 bits per heavy atom. The molecule has 104 valence electrons. The summed E-state index contributed by atoms with van der Waals surface area (Å²) in [7, 11) is -3.06. The smallest absolute Gasteiger partial charge is 0.255 e. The molecule has 0 unspecified atom stereocenters. The molecule has 2 rings (SSSR count). The number of rotatable bonds is 4. The monoisotopic (exact) mass is 289 g/mol. The molecule has 2 aromatic carbocycles.